The smallest absolute Gasteiger partial charge is 0.0171 e. The maximum absolute atomic E-state index is 3.55. The summed E-state index contributed by atoms with van der Waals surface area (Å²) in [6.45, 7) is 14.7. The van der Waals surface area contributed by atoms with Crippen molar-refractivity contribution >= 4 is 0 Å². The van der Waals surface area contributed by atoms with Gasteiger partial charge in [0.1, 0.15) is 0 Å². The molecule has 0 spiro atoms. The Morgan fingerprint density at radius 2 is 1.94 bits per heavy atom. The van der Waals surface area contributed by atoms with E-state index in [4.69, 9.17) is 0 Å². The molecule has 2 fully saturated rings. The van der Waals surface area contributed by atoms with Gasteiger partial charge in [0.25, 0.3) is 0 Å². The molecule has 2 heteroatoms. The number of rotatable bonds is 3. The van der Waals surface area contributed by atoms with Crippen LogP contribution in [0.3, 0.4) is 0 Å². The first-order chi connectivity index (χ1) is 8.03. The normalized spacial score (nSPS) is 32.8. The average molecular weight is 238 g/mol. The van der Waals surface area contributed by atoms with Crippen molar-refractivity contribution in [1.82, 2.24) is 10.2 Å². The number of nitrogens with zero attached hydrogens (tertiary/aromatic N) is 1. The summed E-state index contributed by atoms with van der Waals surface area (Å²) in [6, 6.07) is 0.795. The molecular weight excluding hydrogens is 208 g/mol. The molecule has 0 aromatic rings. The molecule has 0 aromatic carbocycles. The Labute approximate surface area is 107 Å². The molecular formula is C15H30N2. The van der Waals surface area contributed by atoms with Gasteiger partial charge in [-0.3, -0.25) is 4.90 Å². The molecule has 0 saturated carbocycles. The monoisotopic (exact) mass is 238 g/mol. The van der Waals surface area contributed by atoms with Crippen LogP contribution >= 0.6 is 0 Å². The second kappa shape index (κ2) is 4.89. The van der Waals surface area contributed by atoms with Gasteiger partial charge in [0.2, 0.25) is 0 Å². The van der Waals surface area contributed by atoms with Gasteiger partial charge in [-0.15, -0.1) is 0 Å². The molecule has 2 saturated heterocycles. The van der Waals surface area contributed by atoms with Gasteiger partial charge in [0.05, 0.1) is 0 Å². The summed E-state index contributed by atoms with van der Waals surface area (Å²) in [4.78, 5) is 2.80. The molecule has 0 aromatic heterocycles. The number of hydrogen-bond acceptors (Lipinski definition) is 2. The van der Waals surface area contributed by atoms with Crippen molar-refractivity contribution in [2.24, 2.45) is 10.8 Å². The molecule has 100 valence electrons. The number of hydrogen-bond donors (Lipinski definition) is 1. The fourth-order valence-electron chi connectivity index (χ4n) is 3.90. The van der Waals surface area contributed by atoms with E-state index in [0.29, 0.717) is 10.8 Å². The van der Waals surface area contributed by atoms with E-state index in [0.717, 1.165) is 6.04 Å². The van der Waals surface area contributed by atoms with Crippen LogP contribution in [0.5, 0.6) is 0 Å². The lowest BCUT2D eigenvalue weighted by atomic mass is 9.78. The zero-order valence-electron chi connectivity index (χ0n) is 12.2. The summed E-state index contributed by atoms with van der Waals surface area (Å²) in [5, 5.41) is 3.55. The van der Waals surface area contributed by atoms with Crippen LogP contribution in [0.1, 0.15) is 53.4 Å². The van der Waals surface area contributed by atoms with E-state index in [9.17, 15) is 0 Å². The van der Waals surface area contributed by atoms with E-state index in [-0.39, 0.29) is 0 Å². The van der Waals surface area contributed by atoms with E-state index in [1.165, 1.54) is 51.9 Å². The molecule has 17 heavy (non-hydrogen) atoms. The first-order valence-corrected chi connectivity index (χ1v) is 7.48. The van der Waals surface area contributed by atoms with E-state index >= 15 is 0 Å². The highest BCUT2D eigenvalue weighted by Gasteiger charge is 2.43. The van der Waals surface area contributed by atoms with Crippen molar-refractivity contribution < 1.29 is 0 Å². The number of nitrogens with one attached hydrogen (secondary N) is 1. The summed E-state index contributed by atoms with van der Waals surface area (Å²) in [7, 11) is 0. The lowest BCUT2D eigenvalue weighted by Gasteiger charge is -2.45. The van der Waals surface area contributed by atoms with Gasteiger partial charge in [-0.05, 0) is 49.6 Å². The zero-order valence-corrected chi connectivity index (χ0v) is 12.2. The van der Waals surface area contributed by atoms with E-state index < -0.39 is 0 Å². The second-order valence-corrected chi connectivity index (χ2v) is 6.90. The van der Waals surface area contributed by atoms with Crippen LogP contribution in [0.4, 0.5) is 0 Å². The topological polar surface area (TPSA) is 15.3 Å². The van der Waals surface area contributed by atoms with Gasteiger partial charge < -0.3 is 5.32 Å². The fraction of sp³-hybridized carbons (Fsp3) is 1.00. The van der Waals surface area contributed by atoms with Crippen molar-refractivity contribution in [3.8, 4) is 0 Å². The standard InChI is InChI=1S/C15H30N2/c1-5-15(6-2)8-10-17(12-15)13-7-9-16-11-14(13,3)4/h13,16H,5-12H2,1-4H3. The van der Waals surface area contributed by atoms with Crippen molar-refractivity contribution in [1.29, 1.82) is 0 Å². The summed E-state index contributed by atoms with van der Waals surface area (Å²) >= 11 is 0. The quantitative estimate of drug-likeness (QED) is 0.813. The fourth-order valence-corrected chi connectivity index (χ4v) is 3.90. The molecule has 2 nitrogen and oxygen atoms in total. The van der Waals surface area contributed by atoms with Gasteiger partial charge >= 0.3 is 0 Å². The third-order valence-electron chi connectivity index (χ3n) is 5.49. The number of piperidine rings is 1. The van der Waals surface area contributed by atoms with Crippen LogP contribution in [0.15, 0.2) is 0 Å². The van der Waals surface area contributed by atoms with E-state index in [1.54, 1.807) is 0 Å². The molecule has 2 aliphatic rings. The highest BCUT2D eigenvalue weighted by Crippen LogP contribution is 2.41. The minimum Gasteiger partial charge on any atom is -0.316 e. The van der Waals surface area contributed by atoms with Gasteiger partial charge in [-0.25, -0.2) is 0 Å². The molecule has 0 aliphatic carbocycles. The minimum absolute atomic E-state index is 0.440. The average Bonchev–Trinajstić information content (AvgIpc) is 2.73. The van der Waals surface area contributed by atoms with Crippen LogP contribution in [0.25, 0.3) is 0 Å². The van der Waals surface area contributed by atoms with E-state index in [2.05, 4.69) is 37.9 Å². The predicted octanol–water partition coefficient (Wildman–Crippen LogP) is 2.89. The Morgan fingerprint density at radius 1 is 1.24 bits per heavy atom. The van der Waals surface area contributed by atoms with Crippen LogP contribution in [0.2, 0.25) is 0 Å². The third-order valence-corrected chi connectivity index (χ3v) is 5.49. The van der Waals surface area contributed by atoms with Crippen molar-refractivity contribution in [2.75, 3.05) is 26.2 Å². The SMILES string of the molecule is CCC1(CC)CCN(C2CCNCC2(C)C)C1. The largest absolute Gasteiger partial charge is 0.316 e. The van der Waals surface area contributed by atoms with Crippen molar-refractivity contribution in [2.45, 2.75) is 59.4 Å². The highest BCUT2D eigenvalue weighted by molar-refractivity contribution is 4.97. The van der Waals surface area contributed by atoms with Crippen LogP contribution < -0.4 is 5.32 Å². The second-order valence-electron chi connectivity index (χ2n) is 6.90. The Kier molecular flexibility index (Phi) is 3.84. The lowest BCUT2D eigenvalue weighted by Crippen LogP contribution is -2.54. The van der Waals surface area contributed by atoms with Crippen LogP contribution in [-0.2, 0) is 0 Å². The molecule has 1 atom stereocenters. The maximum atomic E-state index is 3.55. The third kappa shape index (κ3) is 2.53. The maximum Gasteiger partial charge on any atom is 0.0171 e. The molecule has 1 N–H and O–H groups in total. The van der Waals surface area contributed by atoms with Gasteiger partial charge in [-0.2, -0.15) is 0 Å². The first-order valence-electron chi connectivity index (χ1n) is 7.48. The molecule has 2 rings (SSSR count). The number of likely N-dealkylation sites (tertiary alicyclic amines) is 1. The van der Waals surface area contributed by atoms with Gasteiger partial charge in [-0.1, -0.05) is 27.7 Å². The highest BCUT2D eigenvalue weighted by atomic mass is 15.2. The molecule has 0 amide bonds. The van der Waals surface area contributed by atoms with Gasteiger partial charge in [0, 0.05) is 19.1 Å². The minimum atomic E-state index is 0.440. The van der Waals surface area contributed by atoms with E-state index in [1.807, 2.05) is 0 Å². The molecule has 0 radical (unpaired) electrons. The summed E-state index contributed by atoms with van der Waals surface area (Å²) < 4.78 is 0. The lowest BCUT2D eigenvalue weighted by molar-refractivity contribution is 0.0668. The molecule has 2 aliphatic heterocycles. The Balaban J connectivity index is 2.04. The molecule has 2 heterocycles. The Morgan fingerprint density at radius 3 is 2.47 bits per heavy atom. The first kappa shape index (κ1) is 13.4. The Hall–Kier alpha value is -0.0800. The predicted molar refractivity (Wildman–Crippen MR) is 74.3 cm³/mol. The van der Waals surface area contributed by atoms with Crippen LogP contribution in [0, 0.1) is 10.8 Å². The van der Waals surface area contributed by atoms with Gasteiger partial charge in [0.15, 0.2) is 0 Å². The Bertz CT molecular complexity index is 256. The van der Waals surface area contributed by atoms with Crippen LogP contribution in [-0.4, -0.2) is 37.1 Å². The molecule has 1 unspecified atom stereocenters. The van der Waals surface area contributed by atoms with Crippen molar-refractivity contribution in [3.05, 3.63) is 0 Å². The summed E-state index contributed by atoms with van der Waals surface area (Å²) in [5.74, 6) is 0. The summed E-state index contributed by atoms with van der Waals surface area (Å²) in [5.41, 5.74) is 1.07. The zero-order chi connectivity index (χ0) is 12.5. The molecule has 0 bridgehead atoms. The van der Waals surface area contributed by atoms with Crippen molar-refractivity contribution in [3.63, 3.8) is 0 Å². The summed E-state index contributed by atoms with van der Waals surface area (Å²) in [6.07, 6.45) is 5.45.